The maximum atomic E-state index is 11.3. The van der Waals surface area contributed by atoms with Gasteiger partial charge >= 0.3 is 5.97 Å². The monoisotopic (exact) mass is 379 g/mol. The van der Waals surface area contributed by atoms with Crippen molar-refractivity contribution in [1.82, 2.24) is 15.0 Å². The highest BCUT2D eigenvalue weighted by Crippen LogP contribution is 2.45. The van der Waals surface area contributed by atoms with Crippen LogP contribution in [-0.4, -0.2) is 52.9 Å². The number of ether oxygens (including phenoxy) is 2. The number of nitrogens with zero attached hydrogens (tertiary/aromatic N) is 3. The standard InChI is InChI=1S/C17H21N3O5S/c1-23-10-13-18-14(25-19-13)9-20-5-3-17(4-6-20)15-11(2-7-24-17)8-12(26-15)16(21)22/h8H,2-7,9-10H2,1H3,(H,21,22). The number of aromatic nitrogens is 2. The molecule has 4 heterocycles. The van der Waals surface area contributed by atoms with Crippen molar-refractivity contribution in [3.05, 3.63) is 33.1 Å². The zero-order chi connectivity index (χ0) is 18.1. The molecule has 1 fully saturated rings. The average Bonchev–Trinajstić information content (AvgIpc) is 3.25. The Morgan fingerprint density at radius 3 is 3.00 bits per heavy atom. The van der Waals surface area contributed by atoms with E-state index in [9.17, 15) is 9.90 Å². The van der Waals surface area contributed by atoms with E-state index in [0.717, 1.165) is 42.8 Å². The first-order chi connectivity index (χ1) is 12.6. The maximum absolute atomic E-state index is 11.3. The van der Waals surface area contributed by atoms with Crippen molar-refractivity contribution in [2.75, 3.05) is 26.8 Å². The molecule has 0 amide bonds. The van der Waals surface area contributed by atoms with Crippen LogP contribution in [0.25, 0.3) is 0 Å². The van der Waals surface area contributed by atoms with Crippen molar-refractivity contribution in [1.29, 1.82) is 0 Å². The number of aromatic carboxylic acids is 1. The third-order valence-electron chi connectivity index (χ3n) is 4.99. The molecule has 0 aromatic carbocycles. The summed E-state index contributed by atoms with van der Waals surface area (Å²) in [5, 5.41) is 13.2. The molecule has 0 radical (unpaired) electrons. The molecular formula is C17H21N3O5S. The van der Waals surface area contributed by atoms with E-state index in [1.54, 1.807) is 7.11 Å². The Morgan fingerprint density at radius 2 is 2.27 bits per heavy atom. The zero-order valence-corrected chi connectivity index (χ0v) is 15.4. The van der Waals surface area contributed by atoms with E-state index >= 15 is 0 Å². The van der Waals surface area contributed by atoms with Crippen LogP contribution in [0.4, 0.5) is 0 Å². The minimum absolute atomic E-state index is 0.341. The Morgan fingerprint density at radius 1 is 1.46 bits per heavy atom. The fraction of sp³-hybridized carbons (Fsp3) is 0.588. The summed E-state index contributed by atoms with van der Waals surface area (Å²) >= 11 is 1.36. The molecule has 4 rings (SSSR count). The topological polar surface area (TPSA) is 97.9 Å². The summed E-state index contributed by atoms with van der Waals surface area (Å²) in [5.41, 5.74) is 0.784. The third-order valence-corrected chi connectivity index (χ3v) is 6.34. The third kappa shape index (κ3) is 3.27. The molecule has 26 heavy (non-hydrogen) atoms. The van der Waals surface area contributed by atoms with Crippen molar-refractivity contribution in [2.24, 2.45) is 0 Å². The molecule has 0 saturated carbocycles. The first-order valence-corrected chi connectivity index (χ1v) is 9.44. The first kappa shape index (κ1) is 17.6. The quantitative estimate of drug-likeness (QED) is 0.843. The number of carbonyl (C=O) groups is 1. The molecule has 0 atom stereocenters. The smallest absolute Gasteiger partial charge is 0.345 e. The van der Waals surface area contributed by atoms with Gasteiger partial charge in [-0.15, -0.1) is 11.3 Å². The second kappa shape index (κ2) is 7.07. The van der Waals surface area contributed by atoms with Crippen LogP contribution in [0.3, 0.4) is 0 Å². The van der Waals surface area contributed by atoms with E-state index in [4.69, 9.17) is 14.0 Å². The average molecular weight is 379 g/mol. The van der Waals surface area contributed by atoms with Crippen LogP contribution >= 0.6 is 11.3 Å². The normalized spacial score (nSPS) is 19.6. The molecule has 2 aliphatic rings. The summed E-state index contributed by atoms with van der Waals surface area (Å²) in [4.78, 5) is 19.4. The van der Waals surface area contributed by atoms with Gasteiger partial charge in [-0.25, -0.2) is 4.79 Å². The number of rotatable bonds is 5. The van der Waals surface area contributed by atoms with Crippen LogP contribution in [-0.2, 0) is 34.6 Å². The van der Waals surface area contributed by atoms with Crippen molar-refractivity contribution in [3.8, 4) is 0 Å². The highest BCUT2D eigenvalue weighted by Gasteiger charge is 2.42. The molecule has 2 aromatic rings. The van der Waals surface area contributed by atoms with Crippen LogP contribution in [0.5, 0.6) is 0 Å². The largest absolute Gasteiger partial charge is 0.477 e. The molecule has 0 bridgehead atoms. The number of thiophene rings is 1. The predicted molar refractivity (Wildman–Crippen MR) is 92.1 cm³/mol. The second-order valence-corrected chi connectivity index (χ2v) is 7.73. The molecule has 1 spiro atoms. The van der Waals surface area contributed by atoms with Gasteiger partial charge in [-0.3, -0.25) is 4.90 Å². The van der Waals surface area contributed by atoms with E-state index in [0.29, 0.717) is 36.4 Å². The number of hydrogen-bond acceptors (Lipinski definition) is 8. The number of piperidine rings is 1. The summed E-state index contributed by atoms with van der Waals surface area (Å²) < 4.78 is 16.5. The molecule has 0 unspecified atom stereocenters. The fourth-order valence-corrected chi connectivity index (χ4v) is 4.95. The second-order valence-electron chi connectivity index (χ2n) is 6.68. The van der Waals surface area contributed by atoms with Crippen molar-refractivity contribution in [2.45, 2.75) is 38.0 Å². The number of fused-ring (bicyclic) bond motifs is 2. The molecule has 8 nitrogen and oxygen atoms in total. The molecular weight excluding hydrogens is 358 g/mol. The Labute approximate surface area is 154 Å². The number of hydrogen-bond donors (Lipinski definition) is 1. The van der Waals surface area contributed by atoms with Gasteiger partial charge in [0.15, 0.2) is 5.82 Å². The van der Waals surface area contributed by atoms with Crippen molar-refractivity contribution in [3.63, 3.8) is 0 Å². The van der Waals surface area contributed by atoms with Crippen molar-refractivity contribution < 1.29 is 23.9 Å². The number of carboxylic acids is 1. The Balaban J connectivity index is 1.44. The van der Waals surface area contributed by atoms with Crippen LogP contribution in [0, 0.1) is 0 Å². The first-order valence-electron chi connectivity index (χ1n) is 8.63. The summed E-state index contributed by atoms with van der Waals surface area (Å²) in [6.45, 7) is 3.26. The minimum atomic E-state index is -0.861. The van der Waals surface area contributed by atoms with Gasteiger partial charge in [0.05, 0.1) is 13.2 Å². The van der Waals surface area contributed by atoms with Gasteiger partial charge in [-0.2, -0.15) is 4.98 Å². The number of methoxy groups -OCH3 is 1. The summed E-state index contributed by atoms with van der Waals surface area (Å²) in [6, 6.07) is 1.81. The van der Waals surface area contributed by atoms with Gasteiger partial charge in [0.25, 0.3) is 0 Å². The van der Waals surface area contributed by atoms with Gasteiger partial charge in [0.1, 0.15) is 17.1 Å². The van der Waals surface area contributed by atoms with Gasteiger partial charge in [-0.1, -0.05) is 5.16 Å². The zero-order valence-electron chi connectivity index (χ0n) is 14.6. The lowest BCUT2D eigenvalue weighted by Gasteiger charge is -2.43. The SMILES string of the molecule is COCc1noc(CN2CCC3(CC2)OCCc2cc(C(=O)O)sc23)n1. The highest BCUT2D eigenvalue weighted by atomic mass is 32.1. The number of carboxylic acid groups (broad SMARTS) is 1. The van der Waals surface area contributed by atoms with E-state index in [1.165, 1.54) is 11.3 Å². The highest BCUT2D eigenvalue weighted by molar-refractivity contribution is 7.14. The van der Waals surface area contributed by atoms with Gasteiger partial charge in [-0.05, 0) is 30.9 Å². The predicted octanol–water partition coefficient (Wildman–Crippen LogP) is 2.04. The Kier molecular flexibility index (Phi) is 4.78. The summed E-state index contributed by atoms with van der Waals surface area (Å²) in [7, 11) is 1.60. The molecule has 1 N–H and O–H groups in total. The Hall–Kier alpha value is -1.81. The van der Waals surface area contributed by atoms with E-state index < -0.39 is 5.97 Å². The van der Waals surface area contributed by atoms with Crippen LogP contribution < -0.4 is 0 Å². The molecule has 2 aliphatic heterocycles. The van der Waals surface area contributed by atoms with Gasteiger partial charge < -0.3 is 19.1 Å². The summed E-state index contributed by atoms with van der Waals surface area (Å²) in [6.07, 6.45) is 2.45. The van der Waals surface area contributed by atoms with Gasteiger partial charge in [0, 0.05) is 25.1 Å². The molecule has 9 heteroatoms. The van der Waals surface area contributed by atoms with Gasteiger partial charge in [0.2, 0.25) is 5.89 Å². The molecule has 2 aromatic heterocycles. The van der Waals surface area contributed by atoms with E-state index in [1.807, 2.05) is 6.07 Å². The lowest BCUT2D eigenvalue weighted by atomic mass is 9.85. The van der Waals surface area contributed by atoms with Crippen LogP contribution in [0.2, 0.25) is 0 Å². The van der Waals surface area contributed by atoms with Crippen LogP contribution in [0.1, 0.15) is 44.7 Å². The van der Waals surface area contributed by atoms with Crippen molar-refractivity contribution >= 4 is 17.3 Å². The lowest BCUT2D eigenvalue weighted by Crippen LogP contribution is -2.45. The molecule has 1 saturated heterocycles. The minimum Gasteiger partial charge on any atom is -0.477 e. The Bertz CT molecular complexity index is 794. The van der Waals surface area contributed by atoms with Crippen LogP contribution in [0.15, 0.2) is 10.6 Å². The molecule has 0 aliphatic carbocycles. The van der Waals surface area contributed by atoms with E-state index in [2.05, 4.69) is 15.0 Å². The fourth-order valence-electron chi connectivity index (χ4n) is 3.70. The maximum Gasteiger partial charge on any atom is 0.345 e. The lowest BCUT2D eigenvalue weighted by molar-refractivity contribution is -0.0968. The summed E-state index contributed by atoms with van der Waals surface area (Å²) in [5.74, 6) is 0.277. The molecule has 140 valence electrons. The van der Waals surface area contributed by atoms with E-state index in [-0.39, 0.29) is 5.60 Å². The number of likely N-dealkylation sites (tertiary alicyclic amines) is 1.